The number of β-amino-alcohol motifs (C(OH)–C–C–N with tert-alkyl or cyclic N) is 1. The van der Waals surface area contributed by atoms with Crippen LogP contribution in [-0.2, 0) is 14.8 Å². The van der Waals surface area contributed by atoms with E-state index >= 15 is 0 Å². The van der Waals surface area contributed by atoms with Gasteiger partial charge in [0.2, 0.25) is 10.0 Å². The summed E-state index contributed by atoms with van der Waals surface area (Å²) in [5.41, 5.74) is 1.75. The molecule has 5 heterocycles. The monoisotopic (exact) mass is 617 g/mol. The number of morpholine rings is 1. The van der Waals surface area contributed by atoms with Gasteiger partial charge >= 0.3 is 0 Å². The van der Waals surface area contributed by atoms with E-state index in [1.165, 1.54) is 12.1 Å². The highest BCUT2D eigenvalue weighted by molar-refractivity contribution is 7.92. The van der Waals surface area contributed by atoms with Crippen LogP contribution in [0.5, 0.6) is 0 Å². The van der Waals surface area contributed by atoms with Crippen molar-refractivity contribution in [2.24, 2.45) is 0 Å². The molecule has 2 aromatic heterocycles. The number of anilines is 3. The first kappa shape index (κ1) is 29.0. The number of ether oxygens (including phenoxy) is 1. The third-order valence-corrected chi connectivity index (χ3v) is 8.78. The number of rotatable bonds is 6. The predicted molar refractivity (Wildman–Crippen MR) is 161 cm³/mol. The van der Waals surface area contributed by atoms with Gasteiger partial charge in [-0.15, -0.1) is 0 Å². The lowest BCUT2D eigenvalue weighted by Gasteiger charge is -2.39. The average molecular weight is 618 g/mol. The largest absolute Gasteiger partial charge is 0.389 e. The number of aliphatic hydroxyl groups excluding tert-OH is 1. The number of nitrogens with one attached hydrogen (secondary N) is 1. The molecule has 6 rings (SSSR count). The number of benzene rings is 1. The van der Waals surface area contributed by atoms with Crippen molar-refractivity contribution in [1.82, 2.24) is 19.5 Å². The second-order valence-electron chi connectivity index (χ2n) is 11.6. The molecule has 3 aromatic rings. The maximum Gasteiger partial charge on any atom is 0.256 e. The van der Waals surface area contributed by atoms with E-state index in [0.717, 1.165) is 30.7 Å². The first-order chi connectivity index (χ1) is 19.9. The van der Waals surface area contributed by atoms with E-state index in [4.69, 9.17) is 26.4 Å². The number of nitrogens with zero attached hydrogens (tertiary/aromatic N) is 6. The molecule has 1 aromatic carbocycles. The van der Waals surface area contributed by atoms with Crippen LogP contribution >= 0.6 is 11.6 Å². The van der Waals surface area contributed by atoms with Crippen molar-refractivity contribution in [3.8, 4) is 0 Å². The Labute approximate surface area is 250 Å². The van der Waals surface area contributed by atoms with Gasteiger partial charge in [-0.1, -0.05) is 11.6 Å². The lowest BCUT2D eigenvalue weighted by molar-refractivity contribution is -0.00558. The van der Waals surface area contributed by atoms with Crippen LogP contribution < -0.4 is 14.5 Å². The highest BCUT2D eigenvalue weighted by atomic mass is 35.5. The molecule has 14 heteroatoms. The highest BCUT2D eigenvalue weighted by Crippen LogP contribution is 2.36. The van der Waals surface area contributed by atoms with Crippen molar-refractivity contribution in [3.05, 3.63) is 46.6 Å². The number of aliphatic hydroxyl groups is 1. The molecule has 0 saturated carbocycles. The van der Waals surface area contributed by atoms with Crippen molar-refractivity contribution in [3.63, 3.8) is 0 Å². The lowest BCUT2D eigenvalue weighted by atomic mass is 9.98. The van der Waals surface area contributed by atoms with Gasteiger partial charge in [-0.3, -0.25) is 9.52 Å². The maximum atomic E-state index is 14.0. The molecule has 3 unspecified atom stereocenters. The number of amides is 1. The van der Waals surface area contributed by atoms with Gasteiger partial charge < -0.3 is 24.5 Å². The number of piperidine rings is 1. The zero-order valence-corrected chi connectivity index (χ0v) is 25.5. The molecule has 1 amide bonds. The summed E-state index contributed by atoms with van der Waals surface area (Å²) in [5.74, 6) is 1.34. The SMILES string of the molecule is CC1CN(c2cc(N3CC(O)C3)nc3cc(C4CCCCN4C(=O)c4cc(Cl)ccc4NS(C)(=O)=O)nn23)CC(C)O1. The van der Waals surface area contributed by atoms with E-state index in [2.05, 4.69) is 23.5 Å². The minimum atomic E-state index is -3.62. The van der Waals surface area contributed by atoms with Gasteiger partial charge in [0.1, 0.15) is 11.6 Å². The minimum Gasteiger partial charge on any atom is -0.389 e. The molecule has 3 aliphatic rings. The quantitative estimate of drug-likeness (QED) is 0.428. The topological polar surface area (TPSA) is 133 Å². The number of fused-ring (bicyclic) bond motifs is 1. The lowest BCUT2D eigenvalue weighted by Crippen LogP contribution is -2.51. The molecule has 12 nitrogen and oxygen atoms in total. The fraction of sp³-hybridized carbons (Fsp3) is 0.536. The summed E-state index contributed by atoms with van der Waals surface area (Å²) in [6.45, 7) is 7.03. The second-order valence-corrected chi connectivity index (χ2v) is 13.8. The van der Waals surface area contributed by atoms with Gasteiger partial charge in [-0.05, 0) is 51.3 Å². The van der Waals surface area contributed by atoms with Gasteiger partial charge in [-0.25, -0.2) is 13.4 Å². The van der Waals surface area contributed by atoms with Crippen LogP contribution in [0.4, 0.5) is 17.3 Å². The molecule has 3 atom stereocenters. The van der Waals surface area contributed by atoms with Crippen molar-refractivity contribution in [1.29, 1.82) is 0 Å². The van der Waals surface area contributed by atoms with Crippen molar-refractivity contribution >= 4 is 50.5 Å². The third kappa shape index (κ3) is 5.87. The Morgan fingerprint density at radius 1 is 1.07 bits per heavy atom. The fourth-order valence-electron chi connectivity index (χ4n) is 6.14. The van der Waals surface area contributed by atoms with Gasteiger partial charge in [0.25, 0.3) is 5.91 Å². The van der Waals surface area contributed by atoms with Gasteiger partial charge in [-0.2, -0.15) is 9.61 Å². The van der Waals surface area contributed by atoms with E-state index in [-0.39, 0.29) is 41.5 Å². The van der Waals surface area contributed by atoms with E-state index < -0.39 is 10.0 Å². The Morgan fingerprint density at radius 2 is 1.81 bits per heavy atom. The van der Waals surface area contributed by atoms with E-state index in [0.29, 0.717) is 55.5 Å². The van der Waals surface area contributed by atoms with Crippen molar-refractivity contribution < 1.29 is 23.1 Å². The number of sulfonamides is 1. The van der Waals surface area contributed by atoms with Crippen molar-refractivity contribution in [2.45, 2.75) is 57.5 Å². The number of hydrogen-bond donors (Lipinski definition) is 2. The van der Waals surface area contributed by atoms with E-state index in [1.54, 1.807) is 11.0 Å². The maximum absolute atomic E-state index is 14.0. The molecule has 42 heavy (non-hydrogen) atoms. The van der Waals surface area contributed by atoms with Crippen LogP contribution in [0.25, 0.3) is 5.65 Å². The summed E-state index contributed by atoms with van der Waals surface area (Å²) in [7, 11) is -3.62. The number of likely N-dealkylation sites (tertiary alicyclic amines) is 1. The van der Waals surface area contributed by atoms with E-state index in [9.17, 15) is 18.3 Å². The minimum absolute atomic E-state index is 0.0418. The highest BCUT2D eigenvalue weighted by Gasteiger charge is 2.34. The van der Waals surface area contributed by atoms with Crippen LogP contribution in [-0.4, -0.2) is 96.2 Å². The van der Waals surface area contributed by atoms with Crippen LogP contribution in [0.3, 0.4) is 0 Å². The zero-order valence-electron chi connectivity index (χ0n) is 23.9. The molecule has 226 valence electrons. The Bertz CT molecular complexity index is 1600. The molecular weight excluding hydrogens is 582 g/mol. The molecular formula is C28H36ClN7O5S. The molecule has 0 radical (unpaired) electrons. The molecule has 0 bridgehead atoms. The summed E-state index contributed by atoms with van der Waals surface area (Å²) < 4.78 is 34.3. The Hall–Kier alpha value is -3.13. The van der Waals surface area contributed by atoms with E-state index in [1.807, 2.05) is 21.5 Å². The first-order valence-corrected chi connectivity index (χ1v) is 16.5. The summed E-state index contributed by atoms with van der Waals surface area (Å²) in [6, 6.07) is 8.18. The predicted octanol–water partition coefficient (Wildman–Crippen LogP) is 2.92. The van der Waals surface area contributed by atoms with Gasteiger partial charge in [0.15, 0.2) is 5.65 Å². The number of halogens is 1. The molecule has 2 N–H and O–H groups in total. The average Bonchev–Trinajstić information content (AvgIpc) is 3.34. The number of aromatic nitrogens is 3. The van der Waals surface area contributed by atoms with Crippen LogP contribution in [0.15, 0.2) is 30.3 Å². The molecule has 3 aliphatic heterocycles. The first-order valence-electron chi connectivity index (χ1n) is 14.3. The van der Waals surface area contributed by atoms with Crippen molar-refractivity contribution in [2.75, 3.05) is 53.5 Å². The third-order valence-electron chi connectivity index (χ3n) is 7.96. The van der Waals surface area contributed by atoms with Crippen LogP contribution in [0.2, 0.25) is 5.02 Å². The fourth-order valence-corrected chi connectivity index (χ4v) is 6.89. The number of carbonyl (C=O) groups is 1. The number of hydrogen-bond acceptors (Lipinski definition) is 9. The number of carbonyl (C=O) groups excluding carboxylic acids is 1. The molecule has 0 spiro atoms. The summed E-state index contributed by atoms with van der Waals surface area (Å²) in [5, 5.41) is 15.3. The normalized spacial score (nSPS) is 23.7. The molecule has 0 aliphatic carbocycles. The van der Waals surface area contributed by atoms with Crippen LogP contribution in [0, 0.1) is 0 Å². The zero-order chi connectivity index (χ0) is 29.8. The van der Waals surface area contributed by atoms with Gasteiger partial charge in [0, 0.05) is 49.9 Å². The van der Waals surface area contributed by atoms with Crippen LogP contribution in [0.1, 0.15) is 55.2 Å². The Kier molecular flexibility index (Phi) is 7.71. The smallest absolute Gasteiger partial charge is 0.256 e. The Morgan fingerprint density at radius 3 is 2.50 bits per heavy atom. The summed E-state index contributed by atoms with van der Waals surface area (Å²) >= 11 is 6.25. The summed E-state index contributed by atoms with van der Waals surface area (Å²) in [4.78, 5) is 24.9. The standard InChI is InChI=1S/C28H36ClN7O5S/c1-17-13-34(14-18(2)41-17)27-12-25(33-15-20(37)16-33)30-26-11-23(31-36(26)27)24-6-4-5-9-35(24)28(38)21-10-19(29)7-8-22(21)32-42(3,39)40/h7-8,10-12,17-18,20,24,32,37H,4-6,9,13-16H2,1-3H3. The molecule has 3 saturated heterocycles. The second kappa shape index (κ2) is 11.2. The molecule has 3 fully saturated rings. The van der Waals surface area contributed by atoms with Gasteiger partial charge in [0.05, 0.1) is 47.6 Å². The summed E-state index contributed by atoms with van der Waals surface area (Å²) in [6.07, 6.45) is 3.20. The Balaban J connectivity index is 1.39.